The molecule has 2 unspecified atom stereocenters. The summed E-state index contributed by atoms with van der Waals surface area (Å²) in [5.41, 5.74) is -0.699. The minimum Gasteiger partial charge on any atom is -0.340 e. The first-order chi connectivity index (χ1) is 9.97. The van der Waals surface area contributed by atoms with E-state index in [1.165, 1.54) is 0 Å². The molecule has 5 heteroatoms. The summed E-state index contributed by atoms with van der Waals surface area (Å²) in [6.07, 6.45) is 2.92. The number of carbonyl (C=O) groups is 2. The molecule has 0 aromatic heterocycles. The molecule has 0 aromatic carbocycles. The van der Waals surface area contributed by atoms with Crippen LogP contribution in [0.2, 0.25) is 0 Å². The van der Waals surface area contributed by atoms with Gasteiger partial charge in [-0.15, -0.1) is 0 Å². The van der Waals surface area contributed by atoms with E-state index >= 15 is 0 Å². The van der Waals surface area contributed by atoms with Gasteiger partial charge in [0.15, 0.2) is 0 Å². The normalized spacial score (nSPS) is 23.1. The highest BCUT2D eigenvalue weighted by Gasteiger charge is 2.49. The molecule has 0 spiro atoms. The van der Waals surface area contributed by atoms with Gasteiger partial charge in [-0.3, -0.25) is 9.59 Å². The van der Waals surface area contributed by atoms with Crippen LogP contribution in [0.4, 0.5) is 0 Å². The van der Waals surface area contributed by atoms with Gasteiger partial charge in [0, 0.05) is 6.04 Å². The van der Waals surface area contributed by atoms with Gasteiger partial charge in [0.25, 0.3) is 0 Å². The van der Waals surface area contributed by atoms with Crippen LogP contribution in [0.3, 0.4) is 0 Å². The van der Waals surface area contributed by atoms with E-state index in [4.69, 9.17) is 0 Å². The van der Waals surface area contributed by atoms with Gasteiger partial charge in [-0.25, -0.2) is 0 Å². The molecule has 2 amide bonds. The van der Waals surface area contributed by atoms with Crippen molar-refractivity contribution in [3.05, 3.63) is 0 Å². The Labute approximate surface area is 133 Å². The maximum Gasteiger partial charge on any atom is 0.249 e. The van der Waals surface area contributed by atoms with Gasteiger partial charge in [0.05, 0.1) is 0 Å². The summed E-state index contributed by atoms with van der Waals surface area (Å²) in [6, 6.07) is -0.199. The fraction of sp³-hybridized carbons (Fsp3) is 0.875. The molecule has 122 valence electrons. The highest BCUT2D eigenvalue weighted by molar-refractivity contribution is 7.99. The van der Waals surface area contributed by atoms with Gasteiger partial charge in [-0.05, 0) is 44.1 Å². The van der Waals surface area contributed by atoms with E-state index in [0.29, 0.717) is 19.3 Å². The number of nitrogens with one attached hydrogen (secondary N) is 1. The lowest BCUT2D eigenvalue weighted by molar-refractivity contribution is -0.158. The van der Waals surface area contributed by atoms with Crippen molar-refractivity contribution in [3.63, 3.8) is 0 Å². The lowest BCUT2D eigenvalue weighted by Gasteiger charge is -2.47. The first-order valence-corrected chi connectivity index (χ1v) is 9.35. The van der Waals surface area contributed by atoms with Gasteiger partial charge >= 0.3 is 0 Å². The van der Waals surface area contributed by atoms with E-state index in [-0.39, 0.29) is 23.9 Å². The van der Waals surface area contributed by atoms with Crippen LogP contribution in [0.5, 0.6) is 0 Å². The summed E-state index contributed by atoms with van der Waals surface area (Å²) >= 11 is 1.88. The number of rotatable bonds is 8. The third kappa shape index (κ3) is 3.74. The Morgan fingerprint density at radius 2 is 1.86 bits per heavy atom. The van der Waals surface area contributed by atoms with Crippen molar-refractivity contribution in [1.82, 2.24) is 10.2 Å². The number of thioether (sulfide) groups is 1. The maximum absolute atomic E-state index is 13.0. The lowest BCUT2D eigenvalue weighted by Crippen LogP contribution is -2.71. The third-order valence-electron chi connectivity index (χ3n) is 4.60. The zero-order chi connectivity index (χ0) is 16.0. The SMILES string of the molecule is CCSCCC(C)N1C(=O)C(CC)(CC)NC(=O)C1CC. The second-order valence-electron chi connectivity index (χ2n) is 5.75. The van der Waals surface area contributed by atoms with Crippen molar-refractivity contribution in [2.24, 2.45) is 0 Å². The number of piperazine rings is 1. The van der Waals surface area contributed by atoms with Gasteiger partial charge in [0.1, 0.15) is 11.6 Å². The number of nitrogens with zero attached hydrogens (tertiary/aromatic N) is 1. The summed E-state index contributed by atoms with van der Waals surface area (Å²) in [7, 11) is 0. The highest BCUT2D eigenvalue weighted by atomic mass is 32.2. The largest absolute Gasteiger partial charge is 0.340 e. The molecule has 1 N–H and O–H groups in total. The minimum absolute atomic E-state index is 0.00999. The molecule has 4 nitrogen and oxygen atoms in total. The minimum atomic E-state index is -0.699. The topological polar surface area (TPSA) is 49.4 Å². The van der Waals surface area contributed by atoms with Gasteiger partial charge < -0.3 is 10.2 Å². The van der Waals surface area contributed by atoms with Crippen molar-refractivity contribution < 1.29 is 9.59 Å². The van der Waals surface area contributed by atoms with E-state index < -0.39 is 5.54 Å². The molecule has 1 heterocycles. The van der Waals surface area contributed by atoms with Crippen molar-refractivity contribution in [1.29, 1.82) is 0 Å². The number of carbonyl (C=O) groups excluding carboxylic acids is 2. The quantitative estimate of drug-likeness (QED) is 0.701. The summed E-state index contributed by atoms with van der Waals surface area (Å²) in [6.45, 7) is 10.1. The molecule has 1 fully saturated rings. The van der Waals surface area contributed by atoms with Gasteiger partial charge in [0.2, 0.25) is 11.8 Å². The monoisotopic (exact) mass is 314 g/mol. The molecule has 0 bridgehead atoms. The molecule has 2 atom stereocenters. The van der Waals surface area contributed by atoms with Crippen LogP contribution in [0.15, 0.2) is 0 Å². The molecular formula is C16H30N2O2S. The molecule has 0 aromatic rings. The Morgan fingerprint density at radius 3 is 2.33 bits per heavy atom. The number of hydrogen-bond donors (Lipinski definition) is 1. The zero-order valence-corrected chi connectivity index (χ0v) is 14.9. The van der Waals surface area contributed by atoms with Gasteiger partial charge in [-0.2, -0.15) is 11.8 Å². The van der Waals surface area contributed by atoms with Crippen LogP contribution >= 0.6 is 11.8 Å². The van der Waals surface area contributed by atoms with E-state index in [2.05, 4.69) is 19.2 Å². The van der Waals surface area contributed by atoms with Crippen LogP contribution in [-0.4, -0.2) is 45.8 Å². The fourth-order valence-electron chi connectivity index (χ4n) is 3.04. The molecule has 1 rings (SSSR count). The molecule has 0 radical (unpaired) electrons. The van der Waals surface area contributed by atoms with E-state index in [9.17, 15) is 9.59 Å². The van der Waals surface area contributed by atoms with Crippen molar-refractivity contribution in [3.8, 4) is 0 Å². The molecule has 1 saturated heterocycles. The molecule has 0 aliphatic carbocycles. The predicted octanol–water partition coefficient (Wildman–Crippen LogP) is 2.81. The summed E-state index contributed by atoms with van der Waals surface area (Å²) in [5.74, 6) is 2.24. The Hall–Kier alpha value is -0.710. The lowest BCUT2D eigenvalue weighted by atomic mass is 9.85. The third-order valence-corrected chi connectivity index (χ3v) is 5.53. The van der Waals surface area contributed by atoms with Gasteiger partial charge in [-0.1, -0.05) is 27.7 Å². The molecule has 1 aliphatic heterocycles. The van der Waals surface area contributed by atoms with Crippen molar-refractivity contribution in [2.45, 2.75) is 77.9 Å². The average Bonchev–Trinajstić information content (AvgIpc) is 2.48. The average molecular weight is 314 g/mol. The summed E-state index contributed by atoms with van der Waals surface area (Å²) in [5, 5.41) is 3.00. The van der Waals surface area contributed by atoms with E-state index in [1.54, 1.807) is 0 Å². The highest BCUT2D eigenvalue weighted by Crippen LogP contribution is 2.28. The van der Waals surface area contributed by atoms with Crippen LogP contribution in [-0.2, 0) is 9.59 Å². The van der Waals surface area contributed by atoms with Crippen molar-refractivity contribution in [2.75, 3.05) is 11.5 Å². The summed E-state index contributed by atoms with van der Waals surface area (Å²) in [4.78, 5) is 27.3. The molecule has 1 aliphatic rings. The molecular weight excluding hydrogens is 284 g/mol. The zero-order valence-electron chi connectivity index (χ0n) is 14.1. The fourth-order valence-corrected chi connectivity index (χ4v) is 3.84. The smallest absolute Gasteiger partial charge is 0.249 e. The second-order valence-corrected chi connectivity index (χ2v) is 7.14. The number of amides is 2. The first kappa shape index (κ1) is 18.3. The Kier molecular flexibility index (Phi) is 7.04. The standard InChI is InChI=1S/C16H30N2O2S/c1-6-13-14(19)17-16(7-2,8-3)15(20)18(13)12(5)10-11-21-9-4/h12-13H,6-11H2,1-5H3,(H,17,19). The second kappa shape index (κ2) is 8.06. The molecule has 21 heavy (non-hydrogen) atoms. The predicted molar refractivity (Wildman–Crippen MR) is 89.5 cm³/mol. The number of hydrogen-bond acceptors (Lipinski definition) is 3. The molecule has 0 saturated carbocycles. The Morgan fingerprint density at radius 1 is 1.24 bits per heavy atom. The summed E-state index contributed by atoms with van der Waals surface area (Å²) < 4.78 is 0. The first-order valence-electron chi connectivity index (χ1n) is 8.19. The van der Waals surface area contributed by atoms with E-state index in [1.807, 2.05) is 37.4 Å². The van der Waals surface area contributed by atoms with E-state index in [0.717, 1.165) is 17.9 Å². The Balaban J connectivity index is 2.98. The van der Waals surface area contributed by atoms with Crippen LogP contribution in [0.1, 0.15) is 60.3 Å². The van der Waals surface area contributed by atoms with Crippen LogP contribution < -0.4 is 5.32 Å². The van der Waals surface area contributed by atoms with Crippen molar-refractivity contribution >= 4 is 23.6 Å². The maximum atomic E-state index is 13.0. The Bertz CT molecular complexity index is 369. The van der Waals surface area contributed by atoms with Crippen LogP contribution in [0.25, 0.3) is 0 Å². The van der Waals surface area contributed by atoms with Crippen LogP contribution in [0, 0.1) is 0 Å².